The number of carbonyl (C=O) groups excluding carboxylic acids is 1. The van der Waals surface area contributed by atoms with Crippen LogP contribution in [0.2, 0.25) is 0 Å². The summed E-state index contributed by atoms with van der Waals surface area (Å²) in [7, 11) is 0. The molecule has 92 valence electrons. The van der Waals surface area contributed by atoms with Gasteiger partial charge in [0.25, 0.3) is 5.91 Å². The lowest BCUT2D eigenvalue weighted by Gasteiger charge is -2.49. The summed E-state index contributed by atoms with van der Waals surface area (Å²) in [5.74, 6) is -0.727. The molecule has 1 saturated heterocycles. The Labute approximate surface area is 99.1 Å². The first kappa shape index (κ1) is 12.0. The topological polar surface area (TPSA) is 53.4 Å². The zero-order valence-electron chi connectivity index (χ0n) is 9.85. The smallest absolute Gasteiger partial charge is 0.255 e. The average molecular weight is 238 g/mol. The van der Waals surface area contributed by atoms with Crippen LogP contribution < -0.4 is 0 Å². The molecular formula is C12H15FN2O2. The van der Waals surface area contributed by atoms with Gasteiger partial charge in [-0.2, -0.15) is 0 Å². The van der Waals surface area contributed by atoms with Gasteiger partial charge in [-0.3, -0.25) is 9.78 Å². The number of hydrogen-bond acceptors (Lipinski definition) is 3. The van der Waals surface area contributed by atoms with Gasteiger partial charge in [0.2, 0.25) is 0 Å². The number of aromatic nitrogens is 1. The number of hydrogen-bond donors (Lipinski definition) is 1. The zero-order chi connectivity index (χ0) is 12.6. The Morgan fingerprint density at radius 2 is 2.18 bits per heavy atom. The Bertz CT molecular complexity index is 442. The van der Waals surface area contributed by atoms with Crippen molar-refractivity contribution in [3.05, 3.63) is 29.8 Å². The number of pyridine rings is 1. The quantitative estimate of drug-likeness (QED) is 0.838. The third-order valence-electron chi connectivity index (χ3n) is 3.24. The van der Waals surface area contributed by atoms with Crippen molar-refractivity contribution in [2.75, 3.05) is 13.1 Å². The summed E-state index contributed by atoms with van der Waals surface area (Å²) in [5, 5.41) is 10.0. The first-order valence-corrected chi connectivity index (χ1v) is 5.54. The summed E-state index contributed by atoms with van der Waals surface area (Å²) < 4.78 is 12.9. The van der Waals surface area contributed by atoms with E-state index in [1.807, 2.05) is 13.8 Å². The standard InChI is InChI=1S/C12H15FN2O2/c1-8(2)12(17)6-15(7-12)11(16)9-3-10(13)5-14-4-9/h3-5,8,17H,6-7H2,1-2H3. The van der Waals surface area contributed by atoms with Gasteiger partial charge < -0.3 is 10.0 Å². The van der Waals surface area contributed by atoms with Crippen molar-refractivity contribution in [3.63, 3.8) is 0 Å². The van der Waals surface area contributed by atoms with Crippen LogP contribution in [0.15, 0.2) is 18.5 Å². The third-order valence-corrected chi connectivity index (χ3v) is 3.24. The highest BCUT2D eigenvalue weighted by molar-refractivity contribution is 5.94. The van der Waals surface area contributed by atoms with Crippen LogP contribution in [0.5, 0.6) is 0 Å². The van der Waals surface area contributed by atoms with E-state index in [1.54, 1.807) is 0 Å². The molecule has 1 amide bonds. The molecule has 1 aromatic rings. The van der Waals surface area contributed by atoms with Gasteiger partial charge in [0.05, 0.1) is 24.8 Å². The summed E-state index contributed by atoms with van der Waals surface area (Å²) in [4.78, 5) is 17.0. The number of nitrogens with zero attached hydrogens (tertiary/aromatic N) is 2. The van der Waals surface area contributed by atoms with Crippen LogP contribution in [0.4, 0.5) is 4.39 Å². The van der Waals surface area contributed by atoms with Crippen molar-refractivity contribution in [3.8, 4) is 0 Å². The van der Waals surface area contributed by atoms with Gasteiger partial charge in [-0.1, -0.05) is 13.8 Å². The Morgan fingerprint density at radius 3 is 2.71 bits per heavy atom. The fourth-order valence-electron chi connectivity index (χ4n) is 1.83. The largest absolute Gasteiger partial charge is 0.386 e. The molecule has 0 aliphatic carbocycles. The lowest BCUT2D eigenvalue weighted by molar-refractivity contribution is -0.110. The van der Waals surface area contributed by atoms with Crippen LogP contribution in [-0.2, 0) is 0 Å². The monoisotopic (exact) mass is 238 g/mol. The van der Waals surface area contributed by atoms with E-state index in [9.17, 15) is 14.3 Å². The van der Waals surface area contributed by atoms with Gasteiger partial charge in [-0.15, -0.1) is 0 Å². The second kappa shape index (κ2) is 4.07. The summed E-state index contributed by atoms with van der Waals surface area (Å²) in [6, 6.07) is 1.15. The summed E-state index contributed by atoms with van der Waals surface area (Å²) in [6.45, 7) is 4.40. The van der Waals surface area contributed by atoms with Crippen LogP contribution >= 0.6 is 0 Å². The van der Waals surface area contributed by atoms with Gasteiger partial charge in [0, 0.05) is 6.20 Å². The zero-order valence-corrected chi connectivity index (χ0v) is 9.85. The number of likely N-dealkylation sites (tertiary alicyclic amines) is 1. The van der Waals surface area contributed by atoms with E-state index in [0.717, 1.165) is 12.3 Å². The minimum Gasteiger partial charge on any atom is -0.386 e. The molecule has 0 unspecified atom stereocenters. The van der Waals surface area contributed by atoms with E-state index >= 15 is 0 Å². The van der Waals surface area contributed by atoms with Gasteiger partial charge in [-0.25, -0.2) is 4.39 Å². The van der Waals surface area contributed by atoms with Gasteiger partial charge >= 0.3 is 0 Å². The molecule has 0 saturated carbocycles. The van der Waals surface area contributed by atoms with Crippen LogP contribution in [0.3, 0.4) is 0 Å². The molecule has 1 N–H and O–H groups in total. The van der Waals surface area contributed by atoms with Crippen LogP contribution in [0.25, 0.3) is 0 Å². The molecule has 0 aromatic carbocycles. The molecule has 1 aliphatic heterocycles. The molecule has 2 rings (SSSR count). The second-order valence-corrected chi connectivity index (χ2v) is 4.81. The minimum atomic E-state index is -0.809. The van der Waals surface area contributed by atoms with E-state index in [-0.39, 0.29) is 17.4 Å². The maximum atomic E-state index is 12.9. The van der Waals surface area contributed by atoms with Gasteiger partial charge in [-0.05, 0) is 12.0 Å². The Hall–Kier alpha value is -1.49. The van der Waals surface area contributed by atoms with E-state index < -0.39 is 11.4 Å². The Morgan fingerprint density at radius 1 is 1.53 bits per heavy atom. The van der Waals surface area contributed by atoms with Crippen molar-refractivity contribution in [1.29, 1.82) is 0 Å². The average Bonchev–Trinajstić information content (AvgIpc) is 2.23. The van der Waals surface area contributed by atoms with Crippen molar-refractivity contribution in [2.24, 2.45) is 5.92 Å². The summed E-state index contributed by atoms with van der Waals surface area (Å²) in [6.07, 6.45) is 2.38. The molecule has 0 atom stereocenters. The maximum Gasteiger partial charge on any atom is 0.255 e. The molecule has 5 heteroatoms. The summed E-state index contributed by atoms with van der Waals surface area (Å²) >= 11 is 0. The van der Waals surface area contributed by atoms with E-state index in [2.05, 4.69) is 4.98 Å². The molecule has 1 fully saturated rings. The molecule has 17 heavy (non-hydrogen) atoms. The molecule has 2 heterocycles. The molecule has 0 bridgehead atoms. The highest BCUT2D eigenvalue weighted by atomic mass is 19.1. The van der Waals surface area contributed by atoms with Gasteiger partial charge in [0.1, 0.15) is 11.4 Å². The molecule has 0 radical (unpaired) electrons. The van der Waals surface area contributed by atoms with E-state index in [0.29, 0.717) is 13.1 Å². The predicted molar refractivity (Wildman–Crippen MR) is 59.9 cm³/mol. The first-order valence-electron chi connectivity index (χ1n) is 5.54. The highest BCUT2D eigenvalue weighted by Gasteiger charge is 2.45. The second-order valence-electron chi connectivity index (χ2n) is 4.81. The lowest BCUT2D eigenvalue weighted by Crippen LogP contribution is -2.65. The van der Waals surface area contributed by atoms with Crippen molar-refractivity contribution in [2.45, 2.75) is 19.4 Å². The first-order chi connectivity index (χ1) is 7.92. The number of halogens is 1. The Kier molecular flexibility index (Phi) is 2.87. The number of carbonyl (C=O) groups is 1. The Balaban J connectivity index is 2.05. The van der Waals surface area contributed by atoms with Crippen LogP contribution in [0, 0.1) is 11.7 Å². The van der Waals surface area contributed by atoms with Crippen molar-refractivity contribution in [1.82, 2.24) is 9.88 Å². The van der Waals surface area contributed by atoms with Gasteiger partial charge in [0.15, 0.2) is 0 Å². The third kappa shape index (κ3) is 2.15. The fraction of sp³-hybridized carbons (Fsp3) is 0.500. The molecule has 1 aromatic heterocycles. The van der Waals surface area contributed by atoms with Crippen molar-refractivity contribution >= 4 is 5.91 Å². The highest BCUT2D eigenvalue weighted by Crippen LogP contribution is 2.29. The lowest BCUT2D eigenvalue weighted by atomic mass is 9.83. The molecule has 4 nitrogen and oxygen atoms in total. The number of aliphatic hydroxyl groups is 1. The minimum absolute atomic E-state index is 0.0946. The van der Waals surface area contributed by atoms with E-state index in [1.165, 1.54) is 11.1 Å². The number of rotatable bonds is 2. The maximum absolute atomic E-state index is 12.9. The van der Waals surface area contributed by atoms with E-state index in [4.69, 9.17) is 0 Å². The number of amides is 1. The number of β-amino-alcohol motifs (C(OH)–C–C–N with tert-alkyl or cyclic N) is 1. The molecule has 1 aliphatic rings. The normalized spacial score (nSPS) is 18.1. The molecule has 0 spiro atoms. The fourth-order valence-corrected chi connectivity index (χ4v) is 1.83. The predicted octanol–water partition coefficient (Wildman–Crippen LogP) is 1.06. The van der Waals surface area contributed by atoms with Crippen LogP contribution in [0.1, 0.15) is 24.2 Å². The SMILES string of the molecule is CC(C)C1(O)CN(C(=O)c2cncc(F)c2)C1. The molecular weight excluding hydrogens is 223 g/mol. The van der Waals surface area contributed by atoms with Crippen molar-refractivity contribution < 1.29 is 14.3 Å². The van der Waals surface area contributed by atoms with Crippen LogP contribution in [-0.4, -0.2) is 39.6 Å². The summed E-state index contributed by atoms with van der Waals surface area (Å²) in [5.41, 5.74) is -0.591.